The van der Waals surface area contributed by atoms with Crippen LogP contribution in [-0.2, 0) is 7.05 Å². The fourth-order valence-corrected chi connectivity index (χ4v) is 1.88. The molecule has 0 fully saturated rings. The van der Waals surface area contributed by atoms with Crippen molar-refractivity contribution in [1.82, 2.24) is 19.1 Å². The number of imidazole rings is 1. The maximum absolute atomic E-state index is 11.9. The van der Waals surface area contributed by atoms with E-state index in [2.05, 4.69) is 9.97 Å². The minimum Gasteiger partial charge on any atom is -0.291 e. The smallest absolute Gasteiger partial charge is 0.291 e. The maximum Gasteiger partial charge on any atom is 0.330 e. The van der Waals surface area contributed by atoms with E-state index in [1.165, 1.54) is 10.9 Å². The van der Waals surface area contributed by atoms with E-state index in [-0.39, 0.29) is 11.7 Å². The molecule has 6 heteroatoms. The molecule has 0 spiro atoms. The highest BCUT2D eigenvalue weighted by Crippen LogP contribution is 2.19. The molecular weight excluding hydrogens is 216 g/mol. The van der Waals surface area contributed by atoms with Crippen molar-refractivity contribution < 1.29 is 0 Å². The second kappa shape index (κ2) is 3.34. The van der Waals surface area contributed by atoms with E-state index in [0.717, 1.165) is 0 Å². The van der Waals surface area contributed by atoms with Crippen molar-refractivity contribution in [3.63, 3.8) is 0 Å². The Morgan fingerprint density at radius 2 is 2.07 bits per heavy atom. The summed E-state index contributed by atoms with van der Waals surface area (Å²) < 4.78 is 3.07. The molecule has 2 heterocycles. The summed E-state index contributed by atoms with van der Waals surface area (Å²) in [6.45, 7) is 3.85. The molecule has 0 atom stereocenters. The van der Waals surface area contributed by atoms with Gasteiger partial charge in [0.05, 0.1) is 0 Å². The van der Waals surface area contributed by atoms with Crippen LogP contribution in [0, 0.1) is 0 Å². The first-order chi connectivity index (χ1) is 7.04. The van der Waals surface area contributed by atoms with Crippen molar-refractivity contribution >= 4 is 22.8 Å². The van der Waals surface area contributed by atoms with Gasteiger partial charge in [0, 0.05) is 13.1 Å². The Kier molecular flexibility index (Phi) is 2.26. The molecule has 0 N–H and O–H groups in total. The Morgan fingerprint density at radius 3 is 2.67 bits per heavy atom. The first kappa shape index (κ1) is 10.2. The molecule has 0 aromatic carbocycles. The van der Waals surface area contributed by atoms with Gasteiger partial charge in [-0.2, -0.15) is 0 Å². The zero-order valence-electron chi connectivity index (χ0n) is 8.73. The van der Waals surface area contributed by atoms with Crippen molar-refractivity contribution in [2.45, 2.75) is 19.9 Å². The summed E-state index contributed by atoms with van der Waals surface area (Å²) in [7, 11) is 1.67. The number of hydrogen-bond acceptors (Lipinski definition) is 3. The maximum atomic E-state index is 11.9. The molecule has 0 unspecified atom stereocenters. The Bertz CT molecular complexity index is 569. The molecule has 0 radical (unpaired) electrons. The average Bonchev–Trinajstić information content (AvgIpc) is 2.41. The van der Waals surface area contributed by atoms with Crippen molar-refractivity contribution in [2.75, 3.05) is 0 Å². The molecule has 0 aliphatic rings. The lowest BCUT2D eigenvalue weighted by Gasteiger charge is -2.04. The topological polar surface area (TPSA) is 52.7 Å². The van der Waals surface area contributed by atoms with E-state index >= 15 is 0 Å². The van der Waals surface area contributed by atoms with Crippen LogP contribution in [0.1, 0.15) is 19.9 Å². The van der Waals surface area contributed by atoms with Gasteiger partial charge in [0.1, 0.15) is 11.8 Å². The second-order valence-electron chi connectivity index (χ2n) is 3.64. The Balaban J connectivity index is 3.01. The summed E-state index contributed by atoms with van der Waals surface area (Å²) in [5.74, 6) is 0. The molecule has 5 nitrogen and oxygen atoms in total. The van der Waals surface area contributed by atoms with E-state index in [1.54, 1.807) is 11.6 Å². The fourth-order valence-electron chi connectivity index (χ4n) is 1.63. The lowest BCUT2D eigenvalue weighted by molar-refractivity contribution is 0.579. The Labute approximate surface area is 91.3 Å². The highest BCUT2D eigenvalue weighted by atomic mass is 35.5. The normalized spacial score (nSPS) is 11.5. The number of aromatic nitrogens is 4. The SMILES string of the molecule is CC(C)n1c(=O)n(C)c2c(Cl)ncnc21. The lowest BCUT2D eigenvalue weighted by Crippen LogP contribution is -2.23. The number of rotatable bonds is 1. The van der Waals surface area contributed by atoms with Crippen LogP contribution in [0.5, 0.6) is 0 Å². The standard InChI is InChI=1S/C9H11ClN4O/c1-5(2)14-8-6(13(3)9(14)15)7(10)11-4-12-8/h4-5H,1-3H3. The Hall–Kier alpha value is -1.36. The van der Waals surface area contributed by atoms with Gasteiger partial charge < -0.3 is 0 Å². The molecule has 0 bridgehead atoms. The molecule has 0 aliphatic heterocycles. The monoisotopic (exact) mass is 226 g/mol. The van der Waals surface area contributed by atoms with E-state index in [4.69, 9.17) is 11.6 Å². The van der Waals surface area contributed by atoms with Crippen molar-refractivity contribution in [3.05, 3.63) is 22.0 Å². The van der Waals surface area contributed by atoms with E-state index in [1.807, 2.05) is 13.8 Å². The number of fused-ring (bicyclic) bond motifs is 1. The predicted molar refractivity (Wildman–Crippen MR) is 58.2 cm³/mol. The third-order valence-electron chi connectivity index (χ3n) is 2.33. The van der Waals surface area contributed by atoms with Crippen LogP contribution in [-0.4, -0.2) is 19.1 Å². The van der Waals surface area contributed by atoms with Crippen LogP contribution in [0.4, 0.5) is 0 Å². The number of nitrogens with zero attached hydrogens (tertiary/aromatic N) is 4. The van der Waals surface area contributed by atoms with Crippen LogP contribution < -0.4 is 5.69 Å². The summed E-state index contributed by atoms with van der Waals surface area (Å²) >= 11 is 5.93. The van der Waals surface area contributed by atoms with E-state index in [0.29, 0.717) is 16.3 Å². The number of halogens is 1. The average molecular weight is 227 g/mol. The van der Waals surface area contributed by atoms with Crippen LogP contribution >= 0.6 is 11.6 Å². The first-order valence-corrected chi connectivity index (χ1v) is 4.99. The number of aryl methyl sites for hydroxylation is 1. The van der Waals surface area contributed by atoms with Gasteiger partial charge >= 0.3 is 5.69 Å². The Morgan fingerprint density at radius 1 is 1.40 bits per heavy atom. The van der Waals surface area contributed by atoms with Gasteiger partial charge in [-0.15, -0.1) is 0 Å². The summed E-state index contributed by atoms with van der Waals surface area (Å²) in [4.78, 5) is 19.8. The van der Waals surface area contributed by atoms with E-state index < -0.39 is 0 Å². The highest BCUT2D eigenvalue weighted by Gasteiger charge is 2.16. The van der Waals surface area contributed by atoms with Gasteiger partial charge in [-0.3, -0.25) is 9.13 Å². The van der Waals surface area contributed by atoms with Crippen LogP contribution in [0.25, 0.3) is 11.2 Å². The molecule has 0 saturated heterocycles. The summed E-state index contributed by atoms with van der Waals surface area (Å²) in [5.41, 5.74) is 1.04. The minimum atomic E-state index is -0.123. The van der Waals surface area contributed by atoms with Crippen LogP contribution in [0.2, 0.25) is 5.15 Å². The molecule has 0 amide bonds. The van der Waals surface area contributed by atoms with Gasteiger partial charge in [0.15, 0.2) is 10.8 Å². The third-order valence-corrected chi connectivity index (χ3v) is 2.61. The second-order valence-corrected chi connectivity index (χ2v) is 4.00. The quantitative estimate of drug-likeness (QED) is 0.690. The van der Waals surface area contributed by atoms with Crippen molar-refractivity contribution in [2.24, 2.45) is 7.05 Å². The molecule has 80 valence electrons. The molecule has 2 rings (SSSR count). The van der Waals surface area contributed by atoms with Gasteiger partial charge in [-0.25, -0.2) is 14.8 Å². The van der Waals surface area contributed by atoms with Crippen molar-refractivity contribution in [1.29, 1.82) is 0 Å². The van der Waals surface area contributed by atoms with Crippen LogP contribution in [0.15, 0.2) is 11.1 Å². The van der Waals surface area contributed by atoms with Gasteiger partial charge in [0.25, 0.3) is 0 Å². The van der Waals surface area contributed by atoms with Crippen LogP contribution in [0.3, 0.4) is 0 Å². The van der Waals surface area contributed by atoms with Gasteiger partial charge in [-0.1, -0.05) is 11.6 Å². The minimum absolute atomic E-state index is 0.0483. The van der Waals surface area contributed by atoms with Crippen molar-refractivity contribution in [3.8, 4) is 0 Å². The highest BCUT2D eigenvalue weighted by molar-refractivity contribution is 6.33. The molecule has 15 heavy (non-hydrogen) atoms. The summed E-state index contributed by atoms with van der Waals surface area (Å²) in [5, 5.41) is 0.305. The number of hydrogen-bond donors (Lipinski definition) is 0. The largest absolute Gasteiger partial charge is 0.330 e. The first-order valence-electron chi connectivity index (χ1n) is 4.61. The molecular formula is C9H11ClN4O. The predicted octanol–water partition coefficient (Wildman–Crippen LogP) is 1.36. The zero-order valence-corrected chi connectivity index (χ0v) is 9.49. The van der Waals surface area contributed by atoms with Gasteiger partial charge in [0.2, 0.25) is 0 Å². The summed E-state index contributed by atoms with van der Waals surface area (Å²) in [6, 6.07) is 0.0483. The molecule has 2 aromatic heterocycles. The molecule has 0 aliphatic carbocycles. The molecule has 2 aromatic rings. The fraction of sp³-hybridized carbons (Fsp3) is 0.444. The molecule has 0 saturated carbocycles. The zero-order chi connectivity index (χ0) is 11.2. The summed E-state index contributed by atoms with van der Waals surface area (Å²) in [6.07, 6.45) is 1.36. The van der Waals surface area contributed by atoms with Gasteiger partial charge in [-0.05, 0) is 13.8 Å². The lowest BCUT2D eigenvalue weighted by atomic mass is 10.4. The van der Waals surface area contributed by atoms with E-state index in [9.17, 15) is 4.79 Å². The third kappa shape index (κ3) is 1.34.